The Morgan fingerprint density at radius 2 is 1.57 bits per heavy atom. The van der Waals surface area contributed by atoms with E-state index in [2.05, 4.69) is 4.74 Å². The summed E-state index contributed by atoms with van der Waals surface area (Å²) in [7, 11) is 0. The van der Waals surface area contributed by atoms with Gasteiger partial charge in [0.15, 0.2) is 12.6 Å². The normalized spacial score (nSPS) is 51.9. The van der Waals surface area contributed by atoms with Gasteiger partial charge in [-0.15, -0.1) is 0 Å². The number of aliphatic hydroxyl groups excluding tert-OH is 7. The molecular weight excluding hydrogens is 292 g/mol. The second-order valence-electron chi connectivity index (χ2n) is 5.08. The molecule has 0 unspecified atom stereocenters. The minimum absolute atomic E-state index is 0.305. The van der Waals surface area contributed by atoms with Crippen LogP contribution in [0.2, 0.25) is 0 Å². The molecule has 0 amide bonds. The summed E-state index contributed by atoms with van der Waals surface area (Å²) in [5.41, 5.74) is 0. The summed E-state index contributed by atoms with van der Waals surface area (Å²) in [4.78, 5) is 0. The molecule has 7 N–H and O–H groups in total. The Kier molecular flexibility index (Phi) is 5.48. The van der Waals surface area contributed by atoms with Gasteiger partial charge in [-0.25, -0.2) is 0 Å². The lowest BCUT2D eigenvalue weighted by Gasteiger charge is -2.43. The van der Waals surface area contributed by atoms with Gasteiger partial charge in [-0.3, -0.25) is 0 Å². The molecule has 2 aliphatic heterocycles. The molecule has 0 radical (unpaired) electrons. The molecule has 0 aromatic carbocycles. The molecule has 0 aromatic heterocycles. The molecule has 2 saturated heterocycles. The maximum absolute atomic E-state index is 9.79. The number of rotatable bonds is 3. The SMILES string of the molecule is OC[C@H]1O[C@@H](O[C@H]2[C@H](O)[C@H](O)OC[C@H]2O)[C@H](O)[C@@H](O)[C@H]1O. The first-order valence-corrected chi connectivity index (χ1v) is 6.48. The lowest BCUT2D eigenvalue weighted by atomic mass is 9.98. The van der Waals surface area contributed by atoms with Gasteiger partial charge in [-0.1, -0.05) is 0 Å². The van der Waals surface area contributed by atoms with Gasteiger partial charge in [0, 0.05) is 0 Å². The molecule has 10 nitrogen and oxygen atoms in total. The molecule has 2 heterocycles. The Balaban J connectivity index is 2.06. The molecular formula is C11H20O10. The van der Waals surface area contributed by atoms with Crippen molar-refractivity contribution in [2.75, 3.05) is 13.2 Å². The van der Waals surface area contributed by atoms with Crippen molar-refractivity contribution in [3.63, 3.8) is 0 Å². The standard InChI is InChI=1S/C11H20O10/c12-1-4-5(14)6(15)7(16)11(20-4)21-9-3(13)2-19-10(18)8(9)17/h3-18H,1-2H2/t3-,4-,5+,6+,7-,8+,9-,10-,11+/m1/s1. The van der Waals surface area contributed by atoms with E-state index in [0.717, 1.165) is 0 Å². The van der Waals surface area contributed by atoms with Gasteiger partial charge in [0.1, 0.15) is 42.7 Å². The van der Waals surface area contributed by atoms with E-state index in [0.29, 0.717) is 0 Å². The summed E-state index contributed by atoms with van der Waals surface area (Å²) in [6, 6.07) is 0. The van der Waals surface area contributed by atoms with E-state index in [1.165, 1.54) is 0 Å². The van der Waals surface area contributed by atoms with E-state index in [1.54, 1.807) is 0 Å². The smallest absolute Gasteiger partial charge is 0.187 e. The van der Waals surface area contributed by atoms with Crippen LogP contribution in [-0.4, -0.2) is 104 Å². The van der Waals surface area contributed by atoms with Crippen molar-refractivity contribution in [3.8, 4) is 0 Å². The van der Waals surface area contributed by atoms with Crippen LogP contribution < -0.4 is 0 Å². The summed E-state index contributed by atoms with van der Waals surface area (Å²) < 4.78 is 15.0. The fourth-order valence-electron chi connectivity index (χ4n) is 2.29. The first kappa shape index (κ1) is 17.0. The van der Waals surface area contributed by atoms with E-state index >= 15 is 0 Å². The molecule has 0 aliphatic carbocycles. The highest BCUT2D eigenvalue weighted by atomic mass is 16.7. The monoisotopic (exact) mass is 312 g/mol. The minimum Gasteiger partial charge on any atom is -0.394 e. The molecule has 2 fully saturated rings. The van der Waals surface area contributed by atoms with Crippen molar-refractivity contribution in [3.05, 3.63) is 0 Å². The van der Waals surface area contributed by atoms with Gasteiger partial charge in [0.2, 0.25) is 0 Å². The third-order valence-electron chi connectivity index (χ3n) is 3.59. The van der Waals surface area contributed by atoms with Crippen molar-refractivity contribution in [2.45, 2.75) is 55.3 Å². The van der Waals surface area contributed by atoms with E-state index in [-0.39, 0.29) is 6.61 Å². The van der Waals surface area contributed by atoms with Gasteiger partial charge in [0.25, 0.3) is 0 Å². The highest BCUT2D eigenvalue weighted by Gasteiger charge is 2.48. The lowest BCUT2D eigenvalue weighted by molar-refractivity contribution is -0.345. The zero-order chi connectivity index (χ0) is 15.7. The quantitative estimate of drug-likeness (QED) is 0.268. The van der Waals surface area contributed by atoms with Gasteiger partial charge in [-0.05, 0) is 0 Å². The number of hydrogen-bond acceptors (Lipinski definition) is 10. The molecule has 10 heteroatoms. The van der Waals surface area contributed by atoms with Crippen LogP contribution in [-0.2, 0) is 14.2 Å². The zero-order valence-corrected chi connectivity index (χ0v) is 11.0. The topological polar surface area (TPSA) is 169 Å². The molecule has 9 atom stereocenters. The fourth-order valence-corrected chi connectivity index (χ4v) is 2.29. The molecule has 0 aromatic rings. The molecule has 21 heavy (non-hydrogen) atoms. The second kappa shape index (κ2) is 6.79. The van der Waals surface area contributed by atoms with E-state index in [4.69, 9.17) is 14.6 Å². The predicted molar refractivity (Wildman–Crippen MR) is 62.6 cm³/mol. The van der Waals surface area contributed by atoms with Crippen LogP contribution >= 0.6 is 0 Å². The van der Waals surface area contributed by atoms with Gasteiger partial charge in [-0.2, -0.15) is 0 Å². The van der Waals surface area contributed by atoms with Crippen molar-refractivity contribution < 1.29 is 50.0 Å². The summed E-state index contributed by atoms with van der Waals surface area (Å²) >= 11 is 0. The number of hydrogen-bond donors (Lipinski definition) is 7. The average molecular weight is 312 g/mol. The van der Waals surface area contributed by atoms with Gasteiger partial charge in [0.05, 0.1) is 13.2 Å². The Labute approximate surface area is 119 Å². The van der Waals surface area contributed by atoms with Crippen LogP contribution in [0.25, 0.3) is 0 Å². The Morgan fingerprint density at radius 3 is 2.19 bits per heavy atom. The molecule has 2 aliphatic rings. The van der Waals surface area contributed by atoms with Crippen LogP contribution in [0.15, 0.2) is 0 Å². The van der Waals surface area contributed by atoms with Crippen molar-refractivity contribution in [1.82, 2.24) is 0 Å². The van der Waals surface area contributed by atoms with Gasteiger partial charge < -0.3 is 50.0 Å². The molecule has 0 saturated carbocycles. The maximum atomic E-state index is 9.79. The molecule has 0 spiro atoms. The van der Waals surface area contributed by atoms with E-state index < -0.39 is 61.9 Å². The van der Waals surface area contributed by atoms with Crippen molar-refractivity contribution >= 4 is 0 Å². The third-order valence-corrected chi connectivity index (χ3v) is 3.59. The highest BCUT2D eigenvalue weighted by molar-refractivity contribution is 4.91. The van der Waals surface area contributed by atoms with E-state index in [1.807, 2.05) is 0 Å². The van der Waals surface area contributed by atoms with Crippen LogP contribution in [0.4, 0.5) is 0 Å². The third kappa shape index (κ3) is 3.35. The van der Waals surface area contributed by atoms with Crippen molar-refractivity contribution in [1.29, 1.82) is 0 Å². The Morgan fingerprint density at radius 1 is 0.905 bits per heavy atom. The first-order valence-electron chi connectivity index (χ1n) is 6.48. The maximum Gasteiger partial charge on any atom is 0.187 e. The number of aliphatic hydroxyl groups is 7. The zero-order valence-electron chi connectivity index (χ0n) is 11.0. The highest BCUT2D eigenvalue weighted by Crippen LogP contribution is 2.26. The van der Waals surface area contributed by atoms with E-state index in [9.17, 15) is 30.6 Å². The second-order valence-corrected chi connectivity index (χ2v) is 5.08. The predicted octanol–water partition coefficient (Wildman–Crippen LogP) is -4.76. The van der Waals surface area contributed by atoms with Crippen LogP contribution in [0.1, 0.15) is 0 Å². The molecule has 2 rings (SSSR count). The fraction of sp³-hybridized carbons (Fsp3) is 1.00. The average Bonchev–Trinajstić information content (AvgIpc) is 2.47. The molecule has 0 bridgehead atoms. The van der Waals surface area contributed by atoms with Crippen LogP contribution in [0.5, 0.6) is 0 Å². The Bertz CT molecular complexity index is 339. The largest absolute Gasteiger partial charge is 0.394 e. The summed E-state index contributed by atoms with van der Waals surface area (Å²) in [6.45, 7) is -0.938. The number of ether oxygens (including phenoxy) is 3. The summed E-state index contributed by atoms with van der Waals surface area (Å²) in [6.07, 6.45) is -13.3. The van der Waals surface area contributed by atoms with Crippen LogP contribution in [0, 0.1) is 0 Å². The summed E-state index contributed by atoms with van der Waals surface area (Å²) in [5, 5.41) is 66.8. The Hall–Kier alpha value is -0.400. The minimum atomic E-state index is -1.66. The van der Waals surface area contributed by atoms with Crippen LogP contribution in [0.3, 0.4) is 0 Å². The van der Waals surface area contributed by atoms with Gasteiger partial charge >= 0.3 is 0 Å². The summed E-state index contributed by atoms with van der Waals surface area (Å²) in [5.74, 6) is 0. The first-order chi connectivity index (χ1) is 9.86. The lowest BCUT2D eigenvalue weighted by Crippen LogP contribution is -2.62. The van der Waals surface area contributed by atoms with Crippen molar-refractivity contribution in [2.24, 2.45) is 0 Å². The molecule has 124 valence electrons.